The highest BCUT2D eigenvalue weighted by molar-refractivity contribution is 7.98. The van der Waals surface area contributed by atoms with E-state index in [1.54, 1.807) is 11.8 Å². The third kappa shape index (κ3) is 6.98. The predicted octanol–water partition coefficient (Wildman–Crippen LogP) is 1.78. The van der Waals surface area contributed by atoms with Crippen LogP contribution in [0.5, 0.6) is 0 Å². The summed E-state index contributed by atoms with van der Waals surface area (Å²) in [5.74, 6) is 2.03. The topological polar surface area (TPSA) is 23.5 Å². The smallest absolute Gasteiger partial charge is 0.0757 e. The van der Waals surface area contributed by atoms with Crippen molar-refractivity contribution >= 4 is 23.5 Å². The van der Waals surface area contributed by atoms with Crippen LogP contribution in [-0.2, 0) is 0 Å². The standard InChI is InChI=1S/C10H23NOS2/c1-9(5-6-13-3)11(2)7-10(12)8-14-4/h9-10,12H,5-8H2,1-4H3/t9-,10+/m0/s1. The van der Waals surface area contributed by atoms with Crippen molar-refractivity contribution in [1.82, 2.24) is 4.90 Å². The van der Waals surface area contributed by atoms with Gasteiger partial charge in [0.2, 0.25) is 0 Å². The number of rotatable bonds is 8. The average molecular weight is 237 g/mol. The van der Waals surface area contributed by atoms with E-state index in [4.69, 9.17) is 0 Å². The minimum Gasteiger partial charge on any atom is -0.391 e. The maximum absolute atomic E-state index is 9.63. The first kappa shape index (κ1) is 14.6. The summed E-state index contributed by atoms with van der Waals surface area (Å²) in [4.78, 5) is 2.25. The van der Waals surface area contributed by atoms with Gasteiger partial charge in [-0.15, -0.1) is 0 Å². The molecule has 0 aromatic carbocycles. The van der Waals surface area contributed by atoms with Gasteiger partial charge in [-0.25, -0.2) is 0 Å². The van der Waals surface area contributed by atoms with Gasteiger partial charge in [-0.3, -0.25) is 0 Å². The lowest BCUT2D eigenvalue weighted by atomic mass is 10.2. The fourth-order valence-electron chi connectivity index (χ4n) is 1.27. The van der Waals surface area contributed by atoms with E-state index in [9.17, 15) is 5.11 Å². The van der Waals surface area contributed by atoms with E-state index in [-0.39, 0.29) is 6.10 Å². The molecule has 0 aromatic rings. The zero-order chi connectivity index (χ0) is 11.0. The maximum Gasteiger partial charge on any atom is 0.0757 e. The summed E-state index contributed by atoms with van der Waals surface area (Å²) in [5.41, 5.74) is 0. The first-order valence-electron chi connectivity index (χ1n) is 4.98. The van der Waals surface area contributed by atoms with Crippen molar-refractivity contribution in [3.05, 3.63) is 0 Å². The number of hydrogen-bond acceptors (Lipinski definition) is 4. The molecule has 0 unspecified atom stereocenters. The highest BCUT2D eigenvalue weighted by Crippen LogP contribution is 2.07. The van der Waals surface area contributed by atoms with Crippen LogP contribution < -0.4 is 0 Å². The van der Waals surface area contributed by atoms with Crippen molar-refractivity contribution in [2.45, 2.75) is 25.5 Å². The molecule has 2 atom stereocenters. The molecule has 0 heterocycles. The molecule has 4 heteroatoms. The van der Waals surface area contributed by atoms with Gasteiger partial charge >= 0.3 is 0 Å². The molecular weight excluding hydrogens is 214 g/mol. The third-order valence-corrected chi connectivity index (χ3v) is 3.71. The molecule has 0 saturated heterocycles. The van der Waals surface area contributed by atoms with Gasteiger partial charge in [-0.05, 0) is 38.7 Å². The van der Waals surface area contributed by atoms with Crippen LogP contribution in [-0.4, -0.2) is 59.8 Å². The van der Waals surface area contributed by atoms with Gasteiger partial charge in [0.15, 0.2) is 0 Å². The summed E-state index contributed by atoms with van der Waals surface area (Å²) in [6, 6.07) is 0.568. The first-order valence-corrected chi connectivity index (χ1v) is 7.76. The molecule has 0 rings (SSSR count). The normalized spacial score (nSPS) is 15.9. The predicted molar refractivity (Wildman–Crippen MR) is 69.5 cm³/mol. The molecule has 0 aliphatic heterocycles. The summed E-state index contributed by atoms with van der Waals surface area (Å²) in [5, 5.41) is 9.63. The van der Waals surface area contributed by atoms with Gasteiger partial charge < -0.3 is 10.0 Å². The molecule has 0 aliphatic rings. The van der Waals surface area contributed by atoms with E-state index in [2.05, 4.69) is 25.1 Å². The fraction of sp³-hybridized carbons (Fsp3) is 1.00. The van der Waals surface area contributed by atoms with Crippen LogP contribution in [0.15, 0.2) is 0 Å². The van der Waals surface area contributed by atoms with E-state index in [1.165, 1.54) is 12.2 Å². The van der Waals surface area contributed by atoms with E-state index < -0.39 is 0 Å². The minimum absolute atomic E-state index is 0.188. The number of hydrogen-bond donors (Lipinski definition) is 1. The number of nitrogens with zero attached hydrogens (tertiary/aromatic N) is 1. The Morgan fingerprint density at radius 1 is 1.29 bits per heavy atom. The first-order chi connectivity index (χ1) is 6.61. The molecule has 2 nitrogen and oxygen atoms in total. The van der Waals surface area contributed by atoms with Crippen molar-refractivity contribution < 1.29 is 5.11 Å². The van der Waals surface area contributed by atoms with Crippen LogP contribution >= 0.6 is 23.5 Å². The SMILES string of the molecule is CSCC[C@H](C)N(C)C[C@@H](O)CSC. The second-order valence-corrected chi connectivity index (χ2v) is 5.58. The van der Waals surface area contributed by atoms with Gasteiger partial charge in [-0.1, -0.05) is 0 Å². The molecule has 0 radical (unpaired) electrons. The average Bonchev–Trinajstić information content (AvgIpc) is 2.14. The van der Waals surface area contributed by atoms with E-state index >= 15 is 0 Å². The van der Waals surface area contributed by atoms with Crippen LogP contribution in [0.4, 0.5) is 0 Å². The van der Waals surface area contributed by atoms with Gasteiger partial charge in [0.05, 0.1) is 6.10 Å². The van der Waals surface area contributed by atoms with Gasteiger partial charge in [-0.2, -0.15) is 23.5 Å². The molecule has 0 bridgehead atoms. The van der Waals surface area contributed by atoms with Crippen molar-refractivity contribution in [1.29, 1.82) is 0 Å². The third-order valence-electron chi connectivity index (χ3n) is 2.35. The van der Waals surface area contributed by atoms with Gasteiger partial charge in [0, 0.05) is 18.3 Å². The zero-order valence-corrected chi connectivity index (χ0v) is 11.3. The van der Waals surface area contributed by atoms with Crippen LogP contribution in [0.25, 0.3) is 0 Å². The molecule has 1 N–H and O–H groups in total. The lowest BCUT2D eigenvalue weighted by Crippen LogP contribution is -2.37. The van der Waals surface area contributed by atoms with Crippen LogP contribution in [0.3, 0.4) is 0 Å². The van der Waals surface area contributed by atoms with Crippen LogP contribution in [0.1, 0.15) is 13.3 Å². The molecule has 0 saturated carbocycles. The maximum atomic E-state index is 9.63. The lowest BCUT2D eigenvalue weighted by molar-refractivity contribution is 0.124. The van der Waals surface area contributed by atoms with Crippen molar-refractivity contribution in [2.75, 3.05) is 37.6 Å². The molecule has 0 spiro atoms. The van der Waals surface area contributed by atoms with Crippen molar-refractivity contribution in [2.24, 2.45) is 0 Å². The lowest BCUT2D eigenvalue weighted by Gasteiger charge is -2.26. The Kier molecular flexibility index (Phi) is 9.28. The van der Waals surface area contributed by atoms with Crippen molar-refractivity contribution in [3.8, 4) is 0 Å². The van der Waals surface area contributed by atoms with E-state index in [0.717, 1.165) is 12.3 Å². The quantitative estimate of drug-likeness (QED) is 0.695. The summed E-state index contributed by atoms with van der Waals surface area (Å²) in [6.07, 6.45) is 5.17. The minimum atomic E-state index is -0.188. The molecule has 86 valence electrons. The van der Waals surface area contributed by atoms with E-state index in [1.807, 2.05) is 18.0 Å². The summed E-state index contributed by atoms with van der Waals surface area (Å²) >= 11 is 3.58. The second kappa shape index (κ2) is 8.89. The molecule has 0 fully saturated rings. The summed E-state index contributed by atoms with van der Waals surface area (Å²) < 4.78 is 0. The highest BCUT2D eigenvalue weighted by Gasteiger charge is 2.12. The number of aliphatic hydroxyl groups is 1. The Hall–Kier alpha value is 0.620. The Bertz CT molecular complexity index is 135. The molecule has 0 aliphatic carbocycles. The highest BCUT2D eigenvalue weighted by atomic mass is 32.2. The Labute approximate surface area is 96.8 Å². The molecule has 14 heavy (non-hydrogen) atoms. The molecule has 0 aromatic heterocycles. The van der Waals surface area contributed by atoms with Gasteiger partial charge in [0.25, 0.3) is 0 Å². The zero-order valence-electron chi connectivity index (χ0n) is 9.69. The number of thioether (sulfide) groups is 2. The Morgan fingerprint density at radius 2 is 1.93 bits per heavy atom. The largest absolute Gasteiger partial charge is 0.391 e. The summed E-state index contributed by atoms with van der Waals surface area (Å²) in [6.45, 7) is 3.01. The number of aliphatic hydroxyl groups excluding tert-OH is 1. The second-order valence-electron chi connectivity index (χ2n) is 3.68. The van der Waals surface area contributed by atoms with E-state index in [0.29, 0.717) is 6.04 Å². The van der Waals surface area contributed by atoms with Crippen LogP contribution in [0, 0.1) is 0 Å². The van der Waals surface area contributed by atoms with Crippen LogP contribution in [0.2, 0.25) is 0 Å². The van der Waals surface area contributed by atoms with Crippen molar-refractivity contribution in [3.63, 3.8) is 0 Å². The number of likely N-dealkylation sites (N-methyl/N-ethyl adjacent to an activating group) is 1. The fourth-order valence-corrected chi connectivity index (χ4v) is 2.33. The molecular formula is C10H23NOS2. The Morgan fingerprint density at radius 3 is 2.43 bits per heavy atom. The molecule has 0 amide bonds. The summed E-state index contributed by atoms with van der Waals surface area (Å²) in [7, 11) is 2.09. The Balaban J connectivity index is 3.64. The monoisotopic (exact) mass is 237 g/mol. The van der Waals surface area contributed by atoms with Gasteiger partial charge in [0.1, 0.15) is 0 Å².